The molecule has 3 heteroatoms. The van der Waals surface area contributed by atoms with Crippen LogP contribution < -0.4 is 5.32 Å². The Morgan fingerprint density at radius 2 is 1.85 bits per heavy atom. The summed E-state index contributed by atoms with van der Waals surface area (Å²) in [6.07, 6.45) is 2.66. The van der Waals surface area contributed by atoms with Crippen LogP contribution in [0.4, 0.5) is 0 Å². The van der Waals surface area contributed by atoms with Gasteiger partial charge in [-0.2, -0.15) is 0 Å². The monoisotopic (exact) mass is 276 g/mol. The fourth-order valence-corrected chi connectivity index (χ4v) is 1.95. The zero-order chi connectivity index (χ0) is 14.6. The van der Waals surface area contributed by atoms with Crippen molar-refractivity contribution in [2.75, 3.05) is 20.7 Å². The summed E-state index contributed by atoms with van der Waals surface area (Å²) >= 11 is 0. The van der Waals surface area contributed by atoms with Gasteiger partial charge in [0.2, 0.25) is 0 Å². The zero-order valence-corrected chi connectivity index (χ0v) is 13.3. The van der Waals surface area contributed by atoms with Gasteiger partial charge in [0.05, 0.1) is 13.2 Å². The molecule has 0 unspecified atom stereocenters. The Hall–Kier alpha value is -0.900. The summed E-state index contributed by atoms with van der Waals surface area (Å²) in [4.78, 5) is 2.20. The fraction of sp³-hybridized carbons (Fsp3) is 0.647. The molecule has 0 aromatic heterocycles. The van der Waals surface area contributed by atoms with E-state index in [1.165, 1.54) is 24.0 Å². The first-order valence-corrected chi connectivity index (χ1v) is 7.54. The average molecular weight is 276 g/mol. The van der Waals surface area contributed by atoms with Crippen LogP contribution in [0.2, 0.25) is 0 Å². The second-order valence-corrected chi connectivity index (χ2v) is 6.62. The van der Waals surface area contributed by atoms with E-state index in [2.05, 4.69) is 62.4 Å². The van der Waals surface area contributed by atoms with Crippen LogP contribution in [0, 0.1) is 0 Å². The summed E-state index contributed by atoms with van der Waals surface area (Å²) in [6, 6.07) is 9.32. The molecular formula is C17H28N2O. The smallest absolute Gasteiger partial charge is 0.0720 e. The van der Waals surface area contributed by atoms with E-state index in [4.69, 9.17) is 4.74 Å². The minimum Gasteiger partial charge on any atom is -0.375 e. The van der Waals surface area contributed by atoms with Crippen LogP contribution in [0.25, 0.3) is 0 Å². The highest BCUT2D eigenvalue weighted by Gasteiger charge is 2.21. The molecule has 0 spiro atoms. The Morgan fingerprint density at radius 1 is 1.20 bits per heavy atom. The third-order valence-electron chi connectivity index (χ3n) is 4.20. The standard InChI is InChI=1S/C17H28N2O/c1-17(2,19(3)4)13-20-12-15-8-6-5-7-14(15)11-18-16-9-10-16/h5-8,16,18H,9-13H2,1-4H3. The van der Waals surface area contributed by atoms with E-state index < -0.39 is 0 Å². The number of ether oxygens (including phenoxy) is 1. The van der Waals surface area contributed by atoms with Crippen molar-refractivity contribution < 1.29 is 4.74 Å². The maximum Gasteiger partial charge on any atom is 0.0720 e. The number of benzene rings is 1. The highest BCUT2D eigenvalue weighted by Crippen LogP contribution is 2.20. The van der Waals surface area contributed by atoms with Crippen LogP contribution in [-0.4, -0.2) is 37.2 Å². The van der Waals surface area contributed by atoms with Crippen LogP contribution in [0.15, 0.2) is 24.3 Å². The van der Waals surface area contributed by atoms with Gasteiger partial charge < -0.3 is 15.0 Å². The van der Waals surface area contributed by atoms with E-state index in [0.717, 1.165) is 19.2 Å². The molecule has 20 heavy (non-hydrogen) atoms. The molecule has 3 nitrogen and oxygen atoms in total. The Morgan fingerprint density at radius 3 is 2.45 bits per heavy atom. The lowest BCUT2D eigenvalue weighted by atomic mass is 10.1. The largest absolute Gasteiger partial charge is 0.375 e. The molecule has 0 amide bonds. The first kappa shape index (κ1) is 15.5. The summed E-state index contributed by atoms with van der Waals surface area (Å²) in [6.45, 7) is 6.80. The Kier molecular flexibility index (Phi) is 5.19. The van der Waals surface area contributed by atoms with Crippen molar-refractivity contribution in [2.45, 2.75) is 51.4 Å². The van der Waals surface area contributed by atoms with Gasteiger partial charge in [-0.15, -0.1) is 0 Å². The van der Waals surface area contributed by atoms with Gasteiger partial charge in [0.25, 0.3) is 0 Å². The number of hydrogen-bond donors (Lipinski definition) is 1. The van der Waals surface area contributed by atoms with E-state index in [1.54, 1.807) is 0 Å². The van der Waals surface area contributed by atoms with E-state index in [-0.39, 0.29) is 5.54 Å². The Bertz CT molecular complexity index is 425. The van der Waals surface area contributed by atoms with E-state index >= 15 is 0 Å². The van der Waals surface area contributed by atoms with Gasteiger partial charge in [-0.3, -0.25) is 0 Å². The highest BCUT2D eigenvalue weighted by atomic mass is 16.5. The molecule has 0 aliphatic heterocycles. The number of nitrogens with zero attached hydrogens (tertiary/aromatic N) is 1. The summed E-state index contributed by atoms with van der Waals surface area (Å²) in [5.74, 6) is 0. The number of nitrogens with one attached hydrogen (secondary N) is 1. The highest BCUT2D eigenvalue weighted by molar-refractivity contribution is 5.26. The first-order chi connectivity index (χ1) is 9.49. The molecule has 1 N–H and O–H groups in total. The number of hydrogen-bond acceptors (Lipinski definition) is 3. The molecule has 1 aliphatic carbocycles. The quantitative estimate of drug-likeness (QED) is 0.790. The molecule has 0 bridgehead atoms. The molecule has 0 atom stereocenters. The molecule has 0 radical (unpaired) electrons. The van der Waals surface area contributed by atoms with Gasteiger partial charge in [0.15, 0.2) is 0 Å². The van der Waals surface area contributed by atoms with Crippen molar-refractivity contribution in [3.05, 3.63) is 35.4 Å². The maximum atomic E-state index is 5.94. The summed E-state index contributed by atoms with van der Waals surface area (Å²) in [7, 11) is 4.19. The van der Waals surface area contributed by atoms with Crippen LogP contribution in [0.3, 0.4) is 0 Å². The van der Waals surface area contributed by atoms with E-state index in [1.807, 2.05) is 0 Å². The summed E-state index contributed by atoms with van der Waals surface area (Å²) in [5, 5.41) is 3.57. The molecular weight excluding hydrogens is 248 g/mol. The van der Waals surface area contributed by atoms with E-state index in [0.29, 0.717) is 6.61 Å². The van der Waals surface area contributed by atoms with Crippen molar-refractivity contribution in [2.24, 2.45) is 0 Å². The van der Waals surface area contributed by atoms with Gasteiger partial charge in [-0.1, -0.05) is 24.3 Å². The molecule has 1 saturated carbocycles. The third-order valence-corrected chi connectivity index (χ3v) is 4.20. The van der Waals surface area contributed by atoms with Gasteiger partial charge in [0.1, 0.15) is 0 Å². The first-order valence-electron chi connectivity index (χ1n) is 7.54. The predicted molar refractivity (Wildman–Crippen MR) is 83.7 cm³/mol. The number of likely N-dealkylation sites (N-methyl/N-ethyl adjacent to an activating group) is 1. The van der Waals surface area contributed by atoms with Crippen LogP contribution in [-0.2, 0) is 17.9 Å². The minimum atomic E-state index is 0.0706. The van der Waals surface area contributed by atoms with Crippen molar-refractivity contribution in [3.8, 4) is 0 Å². The second-order valence-electron chi connectivity index (χ2n) is 6.62. The average Bonchev–Trinajstić information content (AvgIpc) is 3.21. The third kappa shape index (κ3) is 4.58. The number of rotatable bonds is 8. The molecule has 112 valence electrons. The topological polar surface area (TPSA) is 24.5 Å². The van der Waals surface area contributed by atoms with Gasteiger partial charge in [0, 0.05) is 18.1 Å². The molecule has 0 saturated heterocycles. The predicted octanol–water partition coefficient (Wildman–Crippen LogP) is 2.80. The van der Waals surface area contributed by atoms with Crippen LogP contribution in [0.1, 0.15) is 37.8 Å². The zero-order valence-electron chi connectivity index (χ0n) is 13.3. The lowest BCUT2D eigenvalue weighted by Gasteiger charge is -2.32. The molecule has 1 aromatic carbocycles. The Labute approximate surface area is 123 Å². The molecule has 2 rings (SSSR count). The van der Waals surface area contributed by atoms with Gasteiger partial charge in [-0.05, 0) is 51.9 Å². The van der Waals surface area contributed by atoms with Crippen molar-refractivity contribution in [1.29, 1.82) is 0 Å². The van der Waals surface area contributed by atoms with E-state index in [9.17, 15) is 0 Å². The lowest BCUT2D eigenvalue weighted by Crippen LogP contribution is -2.42. The molecule has 1 fully saturated rings. The second kappa shape index (κ2) is 6.70. The Balaban J connectivity index is 1.85. The molecule has 1 aliphatic rings. The minimum absolute atomic E-state index is 0.0706. The molecule has 1 aromatic rings. The lowest BCUT2D eigenvalue weighted by molar-refractivity contribution is 0.0272. The molecule has 0 heterocycles. The maximum absolute atomic E-state index is 5.94. The normalized spacial score (nSPS) is 15.8. The van der Waals surface area contributed by atoms with Crippen LogP contribution >= 0.6 is 0 Å². The summed E-state index contributed by atoms with van der Waals surface area (Å²) < 4.78 is 5.94. The van der Waals surface area contributed by atoms with Crippen molar-refractivity contribution >= 4 is 0 Å². The fourth-order valence-electron chi connectivity index (χ4n) is 1.95. The van der Waals surface area contributed by atoms with Crippen molar-refractivity contribution in [1.82, 2.24) is 10.2 Å². The summed E-state index contributed by atoms with van der Waals surface area (Å²) in [5.41, 5.74) is 2.73. The van der Waals surface area contributed by atoms with Gasteiger partial charge >= 0.3 is 0 Å². The van der Waals surface area contributed by atoms with Gasteiger partial charge in [-0.25, -0.2) is 0 Å². The SMILES string of the molecule is CN(C)C(C)(C)COCc1ccccc1CNC1CC1. The van der Waals surface area contributed by atoms with Crippen LogP contribution in [0.5, 0.6) is 0 Å². The van der Waals surface area contributed by atoms with Crippen molar-refractivity contribution in [3.63, 3.8) is 0 Å².